The van der Waals surface area contributed by atoms with Crippen LogP contribution in [-0.2, 0) is 14.6 Å². The lowest BCUT2D eigenvalue weighted by Gasteiger charge is -2.10. The Kier molecular flexibility index (Phi) is 4.59. The largest absolute Gasteiger partial charge is 0.325 e. The molecule has 1 amide bonds. The number of hydrogen-bond donors (Lipinski definition) is 1. The molecule has 128 valence electrons. The molecule has 5 heteroatoms. The molecule has 0 unspecified atom stereocenters. The Morgan fingerprint density at radius 1 is 0.920 bits per heavy atom. The zero-order valence-corrected chi connectivity index (χ0v) is 14.9. The van der Waals surface area contributed by atoms with Gasteiger partial charge < -0.3 is 5.32 Å². The van der Waals surface area contributed by atoms with Gasteiger partial charge in [0.1, 0.15) is 5.75 Å². The molecular weight excluding hydrogens is 334 g/mol. The monoisotopic (exact) mass is 353 g/mol. The molecule has 3 aromatic carbocycles. The second-order valence-electron chi connectivity index (χ2n) is 6.13. The van der Waals surface area contributed by atoms with Gasteiger partial charge in [-0.1, -0.05) is 42.5 Å². The number of carbonyl (C=O) groups is 1. The predicted octanol–water partition coefficient (Wildman–Crippen LogP) is 3.87. The third kappa shape index (κ3) is 3.88. The third-order valence-electron chi connectivity index (χ3n) is 4.07. The molecule has 0 heterocycles. The van der Waals surface area contributed by atoms with E-state index in [0.717, 1.165) is 21.9 Å². The fourth-order valence-corrected chi connectivity index (χ4v) is 3.84. The maximum Gasteiger partial charge on any atom is 0.239 e. The molecule has 0 aliphatic carbocycles. The first-order valence-electron chi connectivity index (χ1n) is 7.94. The van der Waals surface area contributed by atoms with Gasteiger partial charge in [0, 0.05) is 5.69 Å². The minimum Gasteiger partial charge on any atom is -0.325 e. The molecule has 0 fully saturated rings. The van der Waals surface area contributed by atoms with Crippen molar-refractivity contribution in [3.63, 3.8) is 0 Å². The fraction of sp³-hybridized carbons (Fsp3) is 0.150. The number of anilines is 1. The smallest absolute Gasteiger partial charge is 0.239 e. The second-order valence-corrected chi connectivity index (χ2v) is 8.12. The molecule has 3 rings (SSSR count). The van der Waals surface area contributed by atoms with Gasteiger partial charge in [-0.05, 0) is 53.9 Å². The van der Waals surface area contributed by atoms with Crippen molar-refractivity contribution in [3.05, 3.63) is 71.8 Å². The van der Waals surface area contributed by atoms with E-state index in [4.69, 9.17) is 0 Å². The Morgan fingerprint density at radius 2 is 1.64 bits per heavy atom. The first-order chi connectivity index (χ1) is 11.8. The highest BCUT2D eigenvalue weighted by atomic mass is 32.2. The quantitative estimate of drug-likeness (QED) is 0.774. The van der Waals surface area contributed by atoms with Gasteiger partial charge in [0.2, 0.25) is 5.91 Å². The van der Waals surface area contributed by atoms with E-state index in [9.17, 15) is 13.2 Å². The van der Waals surface area contributed by atoms with Gasteiger partial charge >= 0.3 is 0 Å². The van der Waals surface area contributed by atoms with Crippen LogP contribution in [-0.4, -0.2) is 20.1 Å². The van der Waals surface area contributed by atoms with E-state index in [1.54, 1.807) is 18.2 Å². The van der Waals surface area contributed by atoms with Crippen LogP contribution in [0.25, 0.3) is 10.8 Å². The summed E-state index contributed by atoms with van der Waals surface area (Å²) in [5.41, 5.74) is 2.53. The topological polar surface area (TPSA) is 63.2 Å². The standard InChI is InChI=1S/C20H19NO3S/c1-14-7-8-15(2)19(11-14)21-20(22)13-25(23,24)18-10-9-16-5-3-4-6-17(16)12-18/h3-12H,13H2,1-2H3,(H,21,22). The molecule has 0 bridgehead atoms. The van der Waals surface area contributed by atoms with Crippen molar-refractivity contribution in [1.82, 2.24) is 0 Å². The normalized spacial score (nSPS) is 11.4. The lowest BCUT2D eigenvalue weighted by Crippen LogP contribution is -2.23. The number of benzene rings is 3. The molecular formula is C20H19NO3S. The van der Waals surface area contributed by atoms with Crippen LogP contribution < -0.4 is 5.32 Å². The first-order valence-corrected chi connectivity index (χ1v) is 9.59. The molecule has 0 atom stereocenters. The Hall–Kier alpha value is -2.66. The third-order valence-corrected chi connectivity index (χ3v) is 5.68. The highest BCUT2D eigenvalue weighted by Crippen LogP contribution is 2.21. The van der Waals surface area contributed by atoms with Crippen LogP contribution in [0.15, 0.2) is 65.6 Å². The van der Waals surface area contributed by atoms with Gasteiger partial charge in [0.05, 0.1) is 4.90 Å². The van der Waals surface area contributed by atoms with Gasteiger partial charge in [-0.15, -0.1) is 0 Å². The molecule has 3 aromatic rings. The number of fused-ring (bicyclic) bond motifs is 1. The molecule has 25 heavy (non-hydrogen) atoms. The van der Waals surface area contributed by atoms with Crippen LogP contribution in [0.2, 0.25) is 0 Å². The average Bonchev–Trinajstić information content (AvgIpc) is 2.57. The SMILES string of the molecule is Cc1ccc(C)c(NC(=O)CS(=O)(=O)c2ccc3ccccc3c2)c1. The van der Waals surface area contributed by atoms with Crippen molar-refractivity contribution in [3.8, 4) is 0 Å². The number of aryl methyl sites for hydroxylation is 2. The minimum absolute atomic E-state index is 0.155. The Balaban J connectivity index is 1.82. The van der Waals surface area contributed by atoms with Crippen LogP contribution in [0.5, 0.6) is 0 Å². The van der Waals surface area contributed by atoms with Gasteiger partial charge in [0.25, 0.3) is 0 Å². The van der Waals surface area contributed by atoms with Crippen LogP contribution >= 0.6 is 0 Å². The fourth-order valence-electron chi connectivity index (χ4n) is 2.67. The van der Waals surface area contributed by atoms with Crippen molar-refractivity contribution in [2.24, 2.45) is 0 Å². The summed E-state index contributed by atoms with van der Waals surface area (Å²) < 4.78 is 25.1. The van der Waals surface area contributed by atoms with Crippen LogP contribution in [0.3, 0.4) is 0 Å². The first kappa shape index (κ1) is 17.2. The van der Waals surface area contributed by atoms with Gasteiger partial charge in [0.15, 0.2) is 9.84 Å². The maximum absolute atomic E-state index is 12.6. The summed E-state index contributed by atoms with van der Waals surface area (Å²) in [5, 5.41) is 4.49. The van der Waals surface area contributed by atoms with Crippen LogP contribution in [0.4, 0.5) is 5.69 Å². The summed E-state index contributed by atoms with van der Waals surface area (Å²) in [4.78, 5) is 12.4. The predicted molar refractivity (Wildman–Crippen MR) is 101 cm³/mol. The van der Waals surface area contributed by atoms with E-state index >= 15 is 0 Å². The zero-order chi connectivity index (χ0) is 18.0. The number of amides is 1. The van der Waals surface area contributed by atoms with E-state index < -0.39 is 21.5 Å². The van der Waals surface area contributed by atoms with Crippen LogP contribution in [0.1, 0.15) is 11.1 Å². The summed E-state index contributed by atoms with van der Waals surface area (Å²) in [6.45, 7) is 3.79. The molecule has 0 aromatic heterocycles. The highest BCUT2D eigenvalue weighted by molar-refractivity contribution is 7.92. The molecule has 1 N–H and O–H groups in total. The van der Waals surface area contributed by atoms with E-state index in [1.165, 1.54) is 0 Å². The van der Waals surface area contributed by atoms with Gasteiger partial charge in [-0.2, -0.15) is 0 Å². The Bertz CT molecular complexity index is 1060. The molecule has 4 nitrogen and oxygen atoms in total. The minimum atomic E-state index is -3.71. The molecule has 0 aliphatic heterocycles. The molecule has 0 saturated heterocycles. The number of hydrogen-bond acceptors (Lipinski definition) is 3. The molecule has 0 aliphatic rings. The highest BCUT2D eigenvalue weighted by Gasteiger charge is 2.20. The van der Waals surface area contributed by atoms with Crippen molar-refractivity contribution in [2.45, 2.75) is 18.7 Å². The Labute approximate surface area is 147 Å². The molecule has 0 radical (unpaired) electrons. The van der Waals surface area contributed by atoms with Crippen molar-refractivity contribution in [2.75, 3.05) is 11.1 Å². The van der Waals surface area contributed by atoms with Gasteiger partial charge in [-0.3, -0.25) is 4.79 Å². The maximum atomic E-state index is 12.6. The number of nitrogens with one attached hydrogen (secondary N) is 1. The van der Waals surface area contributed by atoms with Crippen molar-refractivity contribution < 1.29 is 13.2 Å². The second kappa shape index (κ2) is 6.69. The number of sulfone groups is 1. The number of rotatable bonds is 4. The van der Waals surface area contributed by atoms with E-state index in [2.05, 4.69) is 5.32 Å². The van der Waals surface area contributed by atoms with Crippen molar-refractivity contribution >= 4 is 32.2 Å². The number of carbonyl (C=O) groups excluding carboxylic acids is 1. The molecule has 0 saturated carbocycles. The summed E-state index contributed by atoms with van der Waals surface area (Å²) >= 11 is 0. The van der Waals surface area contributed by atoms with E-state index in [0.29, 0.717) is 5.69 Å². The lowest BCUT2D eigenvalue weighted by atomic mass is 10.1. The van der Waals surface area contributed by atoms with E-state index in [1.807, 2.05) is 56.3 Å². The Morgan fingerprint density at radius 3 is 2.40 bits per heavy atom. The summed E-state index contributed by atoms with van der Waals surface area (Å²) in [5.74, 6) is -1.12. The lowest BCUT2D eigenvalue weighted by molar-refractivity contribution is -0.113. The zero-order valence-electron chi connectivity index (χ0n) is 14.1. The van der Waals surface area contributed by atoms with Crippen LogP contribution in [0, 0.1) is 13.8 Å². The van der Waals surface area contributed by atoms with Gasteiger partial charge in [-0.25, -0.2) is 8.42 Å². The summed E-state index contributed by atoms with van der Waals surface area (Å²) in [7, 11) is -3.71. The average molecular weight is 353 g/mol. The molecule has 0 spiro atoms. The summed E-state index contributed by atoms with van der Waals surface area (Å²) in [6.07, 6.45) is 0. The van der Waals surface area contributed by atoms with E-state index in [-0.39, 0.29) is 4.90 Å². The summed E-state index contributed by atoms with van der Waals surface area (Å²) in [6, 6.07) is 18.1. The van der Waals surface area contributed by atoms with Crippen molar-refractivity contribution in [1.29, 1.82) is 0 Å².